The van der Waals surface area contributed by atoms with E-state index in [-0.39, 0.29) is 12.1 Å². The second-order valence-electron chi connectivity index (χ2n) is 8.38. The Balaban J connectivity index is 1.66. The number of fused-ring (bicyclic) bond motifs is 1. The zero-order valence-corrected chi connectivity index (χ0v) is 19.9. The molecule has 31 heavy (non-hydrogen) atoms. The lowest BCUT2D eigenvalue weighted by Gasteiger charge is -2.32. The summed E-state index contributed by atoms with van der Waals surface area (Å²) in [6.07, 6.45) is 2.99. The average Bonchev–Trinajstić information content (AvgIpc) is 3.42. The third-order valence-electron chi connectivity index (χ3n) is 6.60. The molecule has 0 aliphatic carbocycles. The van der Waals surface area contributed by atoms with Gasteiger partial charge in [0.05, 0.1) is 11.7 Å². The van der Waals surface area contributed by atoms with Crippen molar-refractivity contribution in [3.8, 4) is 5.69 Å². The van der Waals surface area contributed by atoms with Gasteiger partial charge in [-0.15, -0.1) is 0 Å². The number of nitrogens with zero attached hydrogens (tertiary/aromatic N) is 4. The van der Waals surface area contributed by atoms with Gasteiger partial charge in [0.15, 0.2) is 5.17 Å². The van der Waals surface area contributed by atoms with Gasteiger partial charge in [0.25, 0.3) is 0 Å². The smallest absolute Gasteiger partial charge is 0.160 e. The third kappa shape index (κ3) is 3.30. The van der Waals surface area contributed by atoms with Gasteiger partial charge in [-0.05, 0) is 68.7 Å². The predicted molar refractivity (Wildman–Crippen MR) is 131 cm³/mol. The minimum atomic E-state index is 0.00691. The fraction of sp³-hybridized carbons (Fsp3) is 0.360. The summed E-state index contributed by atoms with van der Waals surface area (Å²) < 4.78 is 2.34. The van der Waals surface area contributed by atoms with E-state index in [4.69, 9.17) is 21.6 Å². The van der Waals surface area contributed by atoms with E-state index in [2.05, 4.69) is 61.4 Å². The number of aryl methyl sites for hydroxylation is 1. The molecule has 6 heteroatoms. The van der Waals surface area contributed by atoms with Crippen LogP contribution in [-0.2, 0) is 0 Å². The highest BCUT2D eigenvalue weighted by molar-refractivity contribution is 8.14. The van der Waals surface area contributed by atoms with Crippen molar-refractivity contribution in [2.24, 2.45) is 4.99 Å². The summed E-state index contributed by atoms with van der Waals surface area (Å²) in [5.74, 6) is 1.10. The van der Waals surface area contributed by atoms with Gasteiger partial charge >= 0.3 is 0 Å². The van der Waals surface area contributed by atoms with E-state index in [1.54, 1.807) is 0 Å². The van der Waals surface area contributed by atoms with E-state index in [0.29, 0.717) is 6.04 Å². The van der Waals surface area contributed by atoms with E-state index >= 15 is 0 Å². The minimum Gasteiger partial charge on any atom is -0.338 e. The van der Waals surface area contributed by atoms with Crippen LogP contribution in [0.2, 0.25) is 5.02 Å². The van der Waals surface area contributed by atoms with Gasteiger partial charge in [-0.3, -0.25) is 9.98 Å². The number of hydrogen-bond donors (Lipinski definition) is 0. The molecule has 0 saturated carbocycles. The predicted octanol–water partition coefficient (Wildman–Crippen LogP) is 6.43. The van der Waals surface area contributed by atoms with Crippen LogP contribution in [0.1, 0.15) is 53.6 Å². The van der Waals surface area contributed by atoms with Gasteiger partial charge in [0, 0.05) is 40.1 Å². The summed E-state index contributed by atoms with van der Waals surface area (Å²) in [5.41, 5.74) is 7.07. The SMILES string of the molecule is CC[C@H]1CSC2=N[C@@H](c3ccccn3)[C@@H](c3cc(C)n(-c4cccc(Cl)c4C)c3C)N21. The molecule has 5 rings (SSSR count). The Bertz CT molecular complexity index is 1150. The number of pyridine rings is 1. The number of rotatable bonds is 4. The molecule has 1 fully saturated rings. The molecule has 1 saturated heterocycles. The molecule has 2 aliphatic heterocycles. The second-order valence-corrected chi connectivity index (χ2v) is 9.78. The molecule has 3 aromatic rings. The zero-order chi connectivity index (χ0) is 21.7. The highest BCUT2D eigenvalue weighted by atomic mass is 35.5. The summed E-state index contributed by atoms with van der Waals surface area (Å²) >= 11 is 8.35. The standard InChI is InChI=1S/C25H27ClN4S/c1-5-18-14-31-25-28-23(21-10-6-7-12-27-21)24(30(18)25)19-13-15(2)29(17(19)4)22-11-8-9-20(26)16(22)3/h6-13,18,23-24H,5,14H2,1-4H3/t18-,23-,24+/m0/s1. The van der Waals surface area contributed by atoms with Crippen molar-refractivity contribution >= 4 is 28.5 Å². The maximum absolute atomic E-state index is 6.47. The molecule has 4 heterocycles. The molecule has 2 aliphatic rings. The number of benzene rings is 1. The summed E-state index contributed by atoms with van der Waals surface area (Å²) in [6.45, 7) is 8.77. The van der Waals surface area contributed by atoms with Crippen LogP contribution >= 0.6 is 23.4 Å². The maximum Gasteiger partial charge on any atom is 0.160 e. The van der Waals surface area contributed by atoms with Gasteiger partial charge < -0.3 is 9.47 Å². The first-order chi connectivity index (χ1) is 15.0. The van der Waals surface area contributed by atoms with Gasteiger partial charge in [0.1, 0.15) is 6.04 Å². The number of aliphatic imine (C=N–C) groups is 1. The van der Waals surface area contributed by atoms with Crippen molar-refractivity contribution < 1.29 is 0 Å². The number of aromatic nitrogens is 2. The highest BCUT2D eigenvalue weighted by Gasteiger charge is 2.46. The quantitative estimate of drug-likeness (QED) is 0.459. The lowest BCUT2D eigenvalue weighted by atomic mass is 9.95. The van der Waals surface area contributed by atoms with E-state index in [0.717, 1.165) is 39.3 Å². The Morgan fingerprint density at radius 2 is 1.97 bits per heavy atom. The first-order valence-corrected chi connectivity index (χ1v) is 12.2. The zero-order valence-electron chi connectivity index (χ0n) is 18.3. The molecule has 160 valence electrons. The Kier molecular flexibility index (Phi) is 5.35. The van der Waals surface area contributed by atoms with Crippen molar-refractivity contribution in [1.82, 2.24) is 14.5 Å². The molecular formula is C25H27ClN4S. The van der Waals surface area contributed by atoms with Crippen molar-refractivity contribution in [1.29, 1.82) is 0 Å². The largest absolute Gasteiger partial charge is 0.338 e. The Hall–Kier alpha value is -2.24. The molecule has 0 N–H and O–H groups in total. The summed E-state index contributed by atoms with van der Waals surface area (Å²) in [4.78, 5) is 12.4. The van der Waals surface area contributed by atoms with Gasteiger partial charge in [-0.25, -0.2) is 0 Å². The molecule has 0 radical (unpaired) electrons. The van der Waals surface area contributed by atoms with Gasteiger partial charge in [0.2, 0.25) is 0 Å². The van der Waals surface area contributed by atoms with E-state index in [9.17, 15) is 0 Å². The topological polar surface area (TPSA) is 33.4 Å². The molecular weight excluding hydrogens is 424 g/mol. The summed E-state index contributed by atoms with van der Waals surface area (Å²) in [5, 5.41) is 1.96. The van der Waals surface area contributed by atoms with Crippen molar-refractivity contribution in [2.75, 3.05) is 5.75 Å². The van der Waals surface area contributed by atoms with Crippen molar-refractivity contribution in [2.45, 2.75) is 52.2 Å². The first kappa shape index (κ1) is 20.7. The van der Waals surface area contributed by atoms with Crippen LogP contribution < -0.4 is 0 Å². The van der Waals surface area contributed by atoms with Crippen LogP contribution in [0.5, 0.6) is 0 Å². The van der Waals surface area contributed by atoms with Gasteiger partial charge in [-0.2, -0.15) is 0 Å². The van der Waals surface area contributed by atoms with E-state index < -0.39 is 0 Å². The Morgan fingerprint density at radius 1 is 1.13 bits per heavy atom. The molecule has 0 amide bonds. The second kappa shape index (κ2) is 8.03. The summed E-state index contributed by atoms with van der Waals surface area (Å²) in [7, 11) is 0. The lowest BCUT2D eigenvalue weighted by Crippen LogP contribution is -2.35. The van der Waals surface area contributed by atoms with Crippen LogP contribution in [0.4, 0.5) is 0 Å². The van der Waals surface area contributed by atoms with Crippen molar-refractivity contribution in [3.05, 3.63) is 81.9 Å². The molecule has 0 bridgehead atoms. The summed E-state index contributed by atoms with van der Waals surface area (Å²) in [6, 6.07) is 15.3. The first-order valence-electron chi connectivity index (χ1n) is 10.9. The van der Waals surface area contributed by atoms with E-state index in [1.807, 2.05) is 36.2 Å². The van der Waals surface area contributed by atoms with Crippen LogP contribution in [0, 0.1) is 20.8 Å². The highest BCUT2D eigenvalue weighted by Crippen LogP contribution is 2.50. The lowest BCUT2D eigenvalue weighted by molar-refractivity contribution is 0.254. The van der Waals surface area contributed by atoms with Crippen LogP contribution in [0.3, 0.4) is 0 Å². The molecule has 2 aromatic heterocycles. The van der Waals surface area contributed by atoms with Gasteiger partial charge in [-0.1, -0.05) is 42.4 Å². The minimum absolute atomic E-state index is 0.00691. The number of thioether (sulfide) groups is 1. The number of hydrogen-bond acceptors (Lipinski definition) is 4. The average molecular weight is 451 g/mol. The van der Waals surface area contributed by atoms with Crippen LogP contribution in [0.25, 0.3) is 5.69 Å². The fourth-order valence-corrected chi connectivity index (χ4v) is 6.49. The number of amidine groups is 1. The normalized spacial score (nSPS) is 22.7. The third-order valence-corrected chi connectivity index (χ3v) is 8.13. The Morgan fingerprint density at radius 3 is 2.71 bits per heavy atom. The Labute approximate surface area is 193 Å². The molecule has 0 spiro atoms. The molecule has 3 atom stereocenters. The molecule has 0 unspecified atom stereocenters. The van der Waals surface area contributed by atoms with Crippen LogP contribution in [0.15, 0.2) is 53.7 Å². The molecule has 4 nitrogen and oxygen atoms in total. The number of halogens is 1. The molecule has 1 aromatic carbocycles. The van der Waals surface area contributed by atoms with Crippen LogP contribution in [-0.4, -0.2) is 31.4 Å². The fourth-order valence-electron chi connectivity index (χ4n) is 4.98. The monoisotopic (exact) mass is 450 g/mol. The van der Waals surface area contributed by atoms with E-state index in [1.165, 1.54) is 17.0 Å². The van der Waals surface area contributed by atoms with Crippen molar-refractivity contribution in [3.63, 3.8) is 0 Å². The maximum atomic E-state index is 6.47.